The first-order chi connectivity index (χ1) is 18.1. The Morgan fingerprint density at radius 1 is 1.18 bits per heavy atom. The zero-order chi connectivity index (χ0) is 27.6. The number of rotatable bonds is 8. The molecule has 12 heteroatoms. The van der Waals surface area contributed by atoms with Crippen molar-refractivity contribution < 1.29 is 28.9 Å². The van der Waals surface area contributed by atoms with Gasteiger partial charge in [-0.2, -0.15) is 0 Å². The van der Waals surface area contributed by atoms with E-state index < -0.39 is 24.6 Å². The van der Waals surface area contributed by atoms with Crippen molar-refractivity contribution in [1.82, 2.24) is 4.57 Å². The molecule has 1 aliphatic heterocycles. The minimum atomic E-state index is -1.09. The first-order valence-electron chi connectivity index (χ1n) is 11.3. The maximum Gasteiger partial charge on any atom is 0.341 e. The van der Waals surface area contributed by atoms with Crippen molar-refractivity contribution in [1.29, 1.82) is 0 Å². The fraction of sp³-hybridized carbons (Fsp3) is 0.231. The summed E-state index contributed by atoms with van der Waals surface area (Å²) >= 11 is 8.06. The van der Waals surface area contributed by atoms with Crippen LogP contribution in [0.1, 0.15) is 31.0 Å². The van der Waals surface area contributed by atoms with Crippen LogP contribution in [0.5, 0.6) is 11.5 Å². The van der Waals surface area contributed by atoms with E-state index in [1.165, 1.54) is 23.0 Å². The fourth-order valence-electron chi connectivity index (χ4n) is 4.02. The van der Waals surface area contributed by atoms with Crippen molar-refractivity contribution in [3.63, 3.8) is 0 Å². The average molecular weight is 666 g/mol. The first-order valence-corrected chi connectivity index (χ1v) is 13.7. The van der Waals surface area contributed by atoms with E-state index in [0.717, 1.165) is 4.47 Å². The summed E-state index contributed by atoms with van der Waals surface area (Å²) in [5, 5.41) is 8.85. The van der Waals surface area contributed by atoms with Crippen LogP contribution in [0.15, 0.2) is 66.4 Å². The quantitative estimate of drug-likeness (QED) is 0.364. The largest absolute Gasteiger partial charge is 0.496 e. The summed E-state index contributed by atoms with van der Waals surface area (Å²) in [6.45, 7) is 3.13. The molecule has 2 aromatic carbocycles. The first kappa shape index (κ1) is 27.8. The highest BCUT2D eigenvalue weighted by Gasteiger charge is 2.35. The number of fused-ring (bicyclic) bond motifs is 1. The normalized spacial score (nSPS) is 15.1. The van der Waals surface area contributed by atoms with Gasteiger partial charge in [-0.1, -0.05) is 33.3 Å². The summed E-state index contributed by atoms with van der Waals surface area (Å²) in [5.41, 5.74) is 1.66. The Bertz CT molecular complexity index is 1640. The van der Waals surface area contributed by atoms with Gasteiger partial charge in [0, 0.05) is 10.0 Å². The number of nitrogens with zero attached hydrogens (tertiary/aromatic N) is 2. The monoisotopic (exact) mass is 664 g/mol. The average Bonchev–Trinajstić information content (AvgIpc) is 3.16. The summed E-state index contributed by atoms with van der Waals surface area (Å²) in [7, 11) is 1.53. The number of aliphatic carboxylic acids is 1. The van der Waals surface area contributed by atoms with Gasteiger partial charge in [0.1, 0.15) is 17.5 Å². The number of carbonyl (C=O) groups is 2. The number of thiazole rings is 1. The molecule has 3 aromatic rings. The highest BCUT2D eigenvalue weighted by atomic mass is 79.9. The van der Waals surface area contributed by atoms with Gasteiger partial charge in [-0.05, 0) is 71.7 Å². The Kier molecular flexibility index (Phi) is 8.54. The van der Waals surface area contributed by atoms with E-state index in [4.69, 9.17) is 19.3 Å². The van der Waals surface area contributed by atoms with Gasteiger partial charge in [0.05, 0.1) is 34.0 Å². The predicted molar refractivity (Wildman–Crippen MR) is 148 cm³/mol. The molecule has 38 heavy (non-hydrogen) atoms. The number of carboxylic acids is 1. The second-order valence-corrected chi connectivity index (χ2v) is 10.8. The molecule has 1 aromatic heterocycles. The number of halogens is 2. The number of esters is 1. The van der Waals surface area contributed by atoms with Crippen LogP contribution in [0, 0.1) is 0 Å². The van der Waals surface area contributed by atoms with Gasteiger partial charge < -0.3 is 19.3 Å². The molecule has 1 N–H and O–H groups in total. The summed E-state index contributed by atoms with van der Waals surface area (Å²) in [6, 6.07) is 9.62. The maximum absolute atomic E-state index is 13.8. The third-order valence-electron chi connectivity index (χ3n) is 5.61. The minimum absolute atomic E-state index is 0.170. The SMILES string of the molecule is CCOC(=O)C1=C(C)N=c2s/c(=C\c3ccc(OCC(=O)O)c(Br)c3)c(=O)n2[C@H]1c1cc(Br)ccc1OC. The van der Waals surface area contributed by atoms with E-state index in [9.17, 15) is 14.4 Å². The molecule has 0 fully saturated rings. The van der Waals surface area contributed by atoms with E-state index in [2.05, 4.69) is 36.9 Å². The smallest absolute Gasteiger partial charge is 0.341 e. The molecule has 0 unspecified atom stereocenters. The lowest BCUT2D eigenvalue weighted by Crippen LogP contribution is -2.40. The number of hydrogen-bond donors (Lipinski definition) is 1. The van der Waals surface area contributed by atoms with Crippen molar-refractivity contribution in [3.05, 3.63) is 87.4 Å². The molecule has 2 heterocycles. The Morgan fingerprint density at radius 3 is 2.58 bits per heavy atom. The van der Waals surface area contributed by atoms with E-state index in [-0.39, 0.29) is 17.7 Å². The molecule has 0 bridgehead atoms. The van der Waals surface area contributed by atoms with Gasteiger partial charge in [0.25, 0.3) is 5.56 Å². The van der Waals surface area contributed by atoms with E-state index in [1.54, 1.807) is 44.2 Å². The molecule has 1 aliphatic rings. The van der Waals surface area contributed by atoms with Crippen LogP contribution in [0.25, 0.3) is 6.08 Å². The second-order valence-electron chi connectivity index (χ2n) is 8.06. The van der Waals surface area contributed by atoms with Gasteiger partial charge in [0.15, 0.2) is 11.4 Å². The van der Waals surface area contributed by atoms with Crippen LogP contribution in [0.2, 0.25) is 0 Å². The Morgan fingerprint density at radius 2 is 1.92 bits per heavy atom. The van der Waals surface area contributed by atoms with Crippen molar-refractivity contribution in [2.24, 2.45) is 4.99 Å². The number of carboxylic acid groups (broad SMARTS) is 1. The molecule has 0 saturated carbocycles. The third-order valence-corrected chi connectivity index (χ3v) is 7.70. The van der Waals surface area contributed by atoms with Crippen molar-refractivity contribution in [3.8, 4) is 11.5 Å². The molecule has 0 amide bonds. The van der Waals surface area contributed by atoms with Crippen LogP contribution in [0.3, 0.4) is 0 Å². The van der Waals surface area contributed by atoms with E-state index >= 15 is 0 Å². The summed E-state index contributed by atoms with van der Waals surface area (Å²) in [6.07, 6.45) is 1.70. The number of methoxy groups -OCH3 is 1. The van der Waals surface area contributed by atoms with Gasteiger partial charge in [-0.15, -0.1) is 0 Å². The van der Waals surface area contributed by atoms with E-state index in [0.29, 0.717) is 42.1 Å². The number of benzene rings is 2. The highest BCUT2D eigenvalue weighted by Crippen LogP contribution is 2.37. The molecule has 0 radical (unpaired) electrons. The number of aromatic nitrogens is 1. The minimum Gasteiger partial charge on any atom is -0.496 e. The summed E-state index contributed by atoms with van der Waals surface area (Å²) in [4.78, 5) is 42.7. The molecule has 0 aliphatic carbocycles. The number of allylic oxidation sites excluding steroid dienone is 1. The Balaban J connectivity index is 1.89. The fourth-order valence-corrected chi connectivity index (χ4v) is 5.96. The Hall–Kier alpha value is -3.22. The van der Waals surface area contributed by atoms with Gasteiger partial charge >= 0.3 is 11.9 Å². The lowest BCUT2D eigenvalue weighted by Gasteiger charge is -2.26. The molecular formula is C26H22Br2N2O7S. The van der Waals surface area contributed by atoms with Crippen molar-refractivity contribution in [2.75, 3.05) is 20.3 Å². The Labute approximate surface area is 237 Å². The molecule has 4 rings (SSSR count). The standard InChI is InChI=1S/C26H22Br2N2O7S/c1-4-36-25(34)22-13(2)29-26-30(23(22)16-11-15(27)6-8-18(16)35-3)24(33)20(38-26)10-14-5-7-19(17(28)9-14)37-12-21(31)32/h5-11,23H,4,12H2,1-3H3,(H,31,32)/b20-10-/t23-/m0/s1. The highest BCUT2D eigenvalue weighted by molar-refractivity contribution is 9.10. The summed E-state index contributed by atoms with van der Waals surface area (Å²) < 4.78 is 19.4. The number of carbonyl (C=O) groups excluding carboxylic acids is 1. The topological polar surface area (TPSA) is 116 Å². The number of ether oxygens (including phenoxy) is 3. The number of hydrogen-bond acceptors (Lipinski definition) is 8. The lowest BCUT2D eigenvalue weighted by atomic mass is 9.95. The van der Waals surface area contributed by atoms with Gasteiger partial charge in [0.2, 0.25) is 0 Å². The predicted octanol–water partition coefficient (Wildman–Crippen LogP) is 3.80. The van der Waals surface area contributed by atoms with Crippen molar-refractivity contribution in [2.45, 2.75) is 19.9 Å². The molecule has 0 saturated heterocycles. The molecule has 9 nitrogen and oxygen atoms in total. The van der Waals surface area contributed by atoms with E-state index in [1.807, 2.05) is 12.1 Å². The maximum atomic E-state index is 13.8. The van der Waals surface area contributed by atoms with Gasteiger partial charge in [-0.25, -0.2) is 14.6 Å². The van der Waals surface area contributed by atoms with Crippen LogP contribution in [0.4, 0.5) is 0 Å². The summed E-state index contributed by atoms with van der Waals surface area (Å²) in [5.74, 6) is -0.778. The van der Waals surface area contributed by atoms with Crippen LogP contribution in [-0.2, 0) is 14.3 Å². The van der Waals surface area contributed by atoms with Crippen LogP contribution >= 0.6 is 43.2 Å². The van der Waals surface area contributed by atoms with Crippen LogP contribution < -0.4 is 24.4 Å². The zero-order valence-corrected chi connectivity index (χ0v) is 24.5. The van der Waals surface area contributed by atoms with Gasteiger partial charge in [-0.3, -0.25) is 9.36 Å². The zero-order valence-electron chi connectivity index (χ0n) is 20.5. The second kappa shape index (κ2) is 11.7. The molecule has 198 valence electrons. The lowest BCUT2D eigenvalue weighted by molar-refractivity contribution is -0.140. The molecule has 0 spiro atoms. The van der Waals surface area contributed by atoms with Crippen LogP contribution in [-0.4, -0.2) is 41.9 Å². The third kappa shape index (κ3) is 5.62. The molecule has 1 atom stereocenters. The molecular weight excluding hydrogens is 644 g/mol. The van der Waals surface area contributed by atoms with Crippen molar-refractivity contribution >= 4 is 61.2 Å².